The summed E-state index contributed by atoms with van der Waals surface area (Å²) in [7, 11) is -0.149. The van der Waals surface area contributed by atoms with Crippen molar-refractivity contribution in [2.45, 2.75) is 16.7 Å². The van der Waals surface area contributed by atoms with Gasteiger partial charge in [-0.1, -0.05) is 158 Å². The summed E-state index contributed by atoms with van der Waals surface area (Å²) in [6, 6.07) is 66.9. The molecule has 1 saturated heterocycles. The Kier molecular flexibility index (Phi) is 16.1. The zero-order valence-electron chi connectivity index (χ0n) is 29.2. The number of nitriles is 1. The molecule has 1 heterocycles. The topological polar surface area (TPSA) is 36.1 Å². The molecule has 0 N–H and O–H groups in total. The standard InChI is InChI=1S/C24H20B.C18H22NS4.C2H3N/c1-5-13-21(14-6-1)25(22-15-7-2-8-16-22,23-17-9-3-10-18-23)24-19-11-4-12-20-24;1-3-7-17(8-4-1)23(18-9-5-2-6-10-18)19-22-15-13-20-11-12-21-14-16-22;1-2-3/h1-20H;1-10H,11-16H2;1H3/q-1;+1;. The fourth-order valence-electron chi connectivity index (χ4n) is 6.36. The van der Waals surface area contributed by atoms with Crippen LogP contribution < -0.4 is 21.9 Å². The van der Waals surface area contributed by atoms with Crippen LogP contribution in [0.4, 0.5) is 0 Å². The van der Waals surface area contributed by atoms with E-state index < -0.39 is 6.15 Å². The lowest BCUT2D eigenvalue weighted by Gasteiger charge is -2.44. The highest BCUT2D eigenvalue weighted by atomic mass is 32.2. The second kappa shape index (κ2) is 21.4. The van der Waals surface area contributed by atoms with Gasteiger partial charge in [-0.3, -0.25) is 0 Å². The van der Waals surface area contributed by atoms with E-state index in [-0.39, 0.29) is 21.8 Å². The maximum absolute atomic E-state index is 7.32. The zero-order chi connectivity index (χ0) is 35.4. The van der Waals surface area contributed by atoms with Gasteiger partial charge in [0.25, 0.3) is 0 Å². The Balaban J connectivity index is 0.000000184. The third-order valence-corrected chi connectivity index (χ3v) is 15.6. The molecule has 6 aromatic rings. The van der Waals surface area contributed by atoms with E-state index in [1.807, 2.05) is 0 Å². The quantitative estimate of drug-likeness (QED) is 0.122. The van der Waals surface area contributed by atoms with Crippen molar-refractivity contribution in [3.05, 3.63) is 182 Å². The van der Waals surface area contributed by atoms with Crippen molar-refractivity contribution in [2.24, 2.45) is 3.77 Å². The van der Waals surface area contributed by atoms with Gasteiger partial charge in [-0.15, -0.1) is 0 Å². The lowest BCUT2D eigenvalue weighted by atomic mass is 9.13. The van der Waals surface area contributed by atoms with Crippen molar-refractivity contribution >= 4 is 73.3 Å². The lowest BCUT2D eigenvalue weighted by molar-refractivity contribution is 1.38. The molecule has 2 nitrogen and oxygen atoms in total. The fraction of sp³-hybridized carbons (Fsp3) is 0.159. The summed E-state index contributed by atoms with van der Waals surface area (Å²) < 4.78 is 5.35. The molecule has 0 amide bonds. The second-order valence-electron chi connectivity index (χ2n) is 11.8. The van der Waals surface area contributed by atoms with Crippen molar-refractivity contribution in [1.29, 1.82) is 5.26 Å². The first-order valence-electron chi connectivity index (χ1n) is 17.3. The van der Waals surface area contributed by atoms with Crippen LogP contribution in [0.5, 0.6) is 0 Å². The van der Waals surface area contributed by atoms with Crippen LogP contribution in [0.25, 0.3) is 0 Å². The average molecular weight is 741 g/mol. The predicted molar refractivity (Wildman–Crippen MR) is 232 cm³/mol. The van der Waals surface area contributed by atoms with Crippen LogP contribution in [0.2, 0.25) is 0 Å². The summed E-state index contributed by atoms with van der Waals surface area (Å²) in [6.45, 7) is 1.43. The van der Waals surface area contributed by atoms with Gasteiger partial charge in [-0.2, -0.15) is 50.6 Å². The summed E-state index contributed by atoms with van der Waals surface area (Å²) >= 11 is 4.37. The molecule has 0 unspecified atom stereocenters. The van der Waals surface area contributed by atoms with Crippen LogP contribution in [-0.2, 0) is 21.8 Å². The smallest absolute Gasteiger partial charge is 0.145 e. The Morgan fingerprint density at radius 1 is 0.490 bits per heavy atom. The van der Waals surface area contributed by atoms with Crippen molar-refractivity contribution in [3.8, 4) is 6.07 Å². The van der Waals surface area contributed by atoms with E-state index in [1.54, 1.807) is 6.07 Å². The van der Waals surface area contributed by atoms with Gasteiger partial charge in [-0.05, 0) is 28.0 Å². The highest BCUT2D eigenvalue weighted by Gasteiger charge is 2.31. The van der Waals surface area contributed by atoms with Crippen LogP contribution in [0, 0.1) is 11.3 Å². The average Bonchev–Trinajstić information content (AvgIpc) is 3.34. The van der Waals surface area contributed by atoms with Crippen molar-refractivity contribution < 1.29 is 0 Å². The molecule has 0 bridgehead atoms. The first kappa shape index (κ1) is 38.3. The summed E-state index contributed by atoms with van der Waals surface area (Å²) in [5.74, 6) is 7.60. The van der Waals surface area contributed by atoms with Gasteiger partial charge in [0, 0.05) is 50.4 Å². The minimum atomic E-state index is -1.22. The van der Waals surface area contributed by atoms with Crippen molar-refractivity contribution in [1.82, 2.24) is 0 Å². The Hall–Kier alpha value is -3.93. The summed E-state index contributed by atoms with van der Waals surface area (Å²) in [4.78, 5) is 2.68. The van der Waals surface area contributed by atoms with E-state index in [0.717, 1.165) is 0 Å². The third kappa shape index (κ3) is 10.8. The Bertz CT molecular complexity index is 1690. The first-order valence-corrected chi connectivity index (χ1v) is 22.4. The van der Waals surface area contributed by atoms with E-state index in [9.17, 15) is 0 Å². The highest BCUT2D eigenvalue weighted by Crippen LogP contribution is 2.23. The number of thioether (sulfide) groups is 2. The summed E-state index contributed by atoms with van der Waals surface area (Å²) in [5.41, 5.74) is 5.36. The Morgan fingerprint density at radius 3 is 1.06 bits per heavy atom. The van der Waals surface area contributed by atoms with Gasteiger partial charge < -0.3 is 0 Å². The molecule has 1 fully saturated rings. The van der Waals surface area contributed by atoms with Gasteiger partial charge in [-0.25, -0.2) is 0 Å². The van der Waals surface area contributed by atoms with Gasteiger partial charge in [0.05, 0.1) is 6.07 Å². The van der Waals surface area contributed by atoms with Gasteiger partial charge >= 0.3 is 0 Å². The number of hydrogen-bond donors (Lipinski definition) is 0. The normalized spacial score (nSPS) is 13.4. The van der Waals surface area contributed by atoms with Crippen LogP contribution in [0.3, 0.4) is 0 Å². The van der Waals surface area contributed by atoms with E-state index in [1.165, 1.54) is 73.1 Å². The molecule has 258 valence electrons. The van der Waals surface area contributed by atoms with E-state index in [4.69, 9.17) is 9.03 Å². The molecule has 0 aromatic heterocycles. The predicted octanol–water partition coefficient (Wildman–Crippen LogP) is 8.51. The molecule has 0 saturated carbocycles. The Morgan fingerprint density at radius 2 is 0.765 bits per heavy atom. The SMILES string of the molecule is CC#N.c1ccc(S(=N[S+]2CCSCCSCC2)c2ccccc2)cc1.c1ccc([B-](c2ccccc2)(c2ccccc2)c2ccccc2)cc1. The van der Waals surface area contributed by atoms with Gasteiger partial charge in [0.2, 0.25) is 0 Å². The van der Waals surface area contributed by atoms with Crippen LogP contribution >= 0.6 is 23.5 Å². The van der Waals surface area contributed by atoms with Crippen LogP contribution in [0.1, 0.15) is 6.92 Å². The van der Waals surface area contributed by atoms with E-state index in [2.05, 4.69) is 206 Å². The molecule has 0 atom stereocenters. The van der Waals surface area contributed by atoms with E-state index in [0.29, 0.717) is 0 Å². The Labute approximate surface area is 319 Å². The minimum absolute atomic E-state index is 0.149. The van der Waals surface area contributed by atoms with Gasteiger partial charge in [0.15, 0.2) is 0 Å². The molecule has 7 heteroatoms. The zero-order valence-corrected chi connectivity index (χ0v) is 32.4. The van der Waals surface area contributed by atoms with Crippen molar-refractivity contribution in [3.63, 3.8) is 0 Å². The maximum Gasteiger partial charge on any atom is 0.145 e. The molecule has 0 aliphatic carbocycles. The molecule has 1 aliphatic heterocycles. The number of rotatable bonds is 7. The molecule has 6 aromatic carbocycles. The number of nitrogens with zero attached hydrogens (tertiary/aromatic N) is 2. The summed E-state index contributed by atoms with van der Waals surface area (Å²) in [6.07, 6.45) is -1.22. The fourth-order valence-corrected chi connectivity index (χ4v) is 13.6. The largest absolute Gasteiger partial charge is 0.199 e. The van der Waals surface area contributed by atoms with Crippen molar-refractivity contribution in [2.75, 3.05) is 34.5 Å². The second-order valence-corrected chi connectivity index (χ2v) is 18.1. The third-order valence-electron chi connectivity index (χ3n) is 8.61. The molecule has 0 radical (unpaired) electrons. The minimum Gasteiger partial charge on any atom is -0.199 e. The number of hydrogen-bond acceptors (Lipinski definition) is 4. The molecule has 51 heavy (non-hydrogen) atoms. The molecular formula is C44H45BN2S4. The first-order chi connectivity index (χ1) is 25.3. The van der Waals surface area contributed by atoms with Gasteiger partial charge in [0.1, 0.15) is 28.7 Å². The van der Waals surface area contributed by atoms with Crippen LogP contribution in [-0.4, -0.2) is 40.7 Å². The molecule has 1 aliphatic rings. The van der Waals surface area contributed by atoms with Crippen LogP contribution in [0.15, 0.2) is 196 Å². The highest BCUT2D eigenvalue weighted by molar-refractivity contribution is 8.07. The molecular weight excluding hydrogens is 696 g/mol. The maximum atomic E-state index is 7.32. The summed E-state index contributed by atoms with van der Waals surface area (Å²) in [5, 5.41) is 7.32. The molecule has 7 rings (SSSR count). The lowest BCUT2D eigenvalue weighted by Crippen LogP contribution is -2.74. The van der Waals surface area contributed by atoms with E-state index >= 15 is 0 Å². The number of benzene rings is 6. The molecule has 0 spiro atoms. The monoisotopic (exact) mass is 740 g/mol.